The summed E-state index contributed by atoms with van der Waals surface area (Å²) in [5, 5.41) is 0. The van der Waals surface area contributed by atoms with Crippen molar-refractivity contribution >= 4 is 5.84 Å². The second-order valence-electron chi connectivity index (χ2n) is 3.57. The Kier molecular flexibility index (Phi) is 6.29. The third-order valence-corrected chi connectivity index (χ3v) is 2.04. The van der Waals surface area contributed by atoms with Crippen LogP contribution in [-0.4, -0.2) is 30.9 Å². The summed E-state index contributed by atoms with van der Waals surface area (Å²) in [5.41, 5.74) is 0. The highest BCUT2D eigenvalue weighted by Crippen LogP contribution is 2.03. The molecule has 0 aromatic rings. The van der Waals surface area contributed by atoms with Gasteiger partial charge in [0.05, 0.1) is 5.84 Å². The van der Waals surface area contributed by atoms with Gasteiger partial charge in [-0.25, -0.2) is 0 Å². The fraction of sp³-hybridized carbons (Fsp3) is 0.727. The van der Waals surface area contributed by atoms with Crippen LogP contribution in [0.5, 0.6) is 0 Å². The van der Waals surface area contributed by atoms with Crippen molar-refractivity contribution in [1.82, 2.24) is 4.90 Å². The predicted octanol–water partition coefficient (Wildman–Crippen LogP) is 2.71. The smallest absolute Gasteiger partial charge is 0.0955 e. The summed E-state index contributed by atoms with van der Waals surface area (Å²) in [4.78, 5) is 6.60. The maximum Gasteiger partial charge on any atom is 0.0955 e. The van der Waals surface area contributed by atoms with E-state index in [1.165, 1.54) is 0 Å². The normalized spacial score (nSPS) is 15.0. The summed E-state index contributed by atoms with van der Waals surface area (Å²) in [7, 11) is 4.05. The van der Waals surface area contributed by atoms with Crippen LogP contribution in [0.25, 0.3) is 0 Å². The van der Waals surface area contributed by atoms with Crippen LogP contribution in [-0.2, 0) is 0 Å². The van der Waals surface area contributed by atoms with Gasteiger partial charge in [-0.15, -0.1) is 0 Å². The maximum atomic E-state index is 4.56. The van der Waals surface area contributed by atoms with Crippen molar-refractivity contribution in [2.45, 2.75) is 39.7 Å². The molecule has 76 valence electrons. The van der Waals surface area contributed by atoms with E-state index in [4.69, 9.17) is 0 Å². The SMILES string of the molecule is CC=CCCC(C)N=C(C)N(C)C. The van der Waals surface area contributed by atoms with Crippen molar-refractivity contribution in [2.75, 3.05) is 14.1 Å². The molecule has 0 aliphatic heterocycles. The molecule has 0 radical (unpaired) electrons. The molecule has 2 nitrogen and oxygen atoms in total. The van der Waals surface area contributed by atoms with Crippen molar-refractivity contribution in [2.24, 2.45) is 4.99 Å². The quantitative estimate of drug-likeness (QED) is 0.371. The predicted molar refractivity (Wildman–Crippen MR) is 60.3 cm³/mol. The largest absolute Gasteiger partial charge is 0.367 e. The summed E-state index contributed by atoms with van der Waals surface area (Å²) >= 11 is 0. The molecule has 0 fully saturated rings. The van der Waals surface area contributed by atoms with E-state index in [9.17, 15) is 0 Å². The van der Waals surface area contributed by atoms with Gasteiger partial charge >= 0.3 is 0 Å². The van der Waals surface area contributed by atoms with Gasteiger partial charge in [-0.05, 0) is 33.6 Å². The van der Waals surface area contributed by atoms with Crippen molar-refractivity contribution in [3.05, 3.63) is 12.2 Å². The van der Waals surface area contributed by atoms with Gasteiger partial charge in [0.15, 0.2) is 0 Å². The van der Waals surface area contributed by atoms with Gasteiger partial charge in [-0.1, -0.05) is 12.2 Å². The molecule has 0 heterocycles. The summed E-state index contributed by atoms with van der Waals surface area (Å²) in [6.45, 7) is 6.27. The average molecular weight is 182 g/mol. The van der Waals surface area contributed by atoms with Crippen LogP contribution in [0.1, 0.15) is 33.6 Å². The third-order valence-electron chi connectivity index (χ3n) is 2.04. The van der Waals surface area contributed by atoms with Crippen LogP contribution in [0.2, 0.25) is 0 Å². The second-order valence-corrected chi connectivity index (χ2v) is 3.57. The van der Waals surface area contributed by atoms with E-state index in [0.717, 1.165) is 18.7 Å². The number of hydrogen-bond acceptors (Lipinski definition) is 1. The first-order valence-corrected chi connectivity index (χ1v) is 4.90. The zero-order valence-electron chi connectivity index (χ0n) is 9.54. The van der Waals surface area contributed by atoms with E-state index in [1.807, 2.05) is 25.9 Å². The minimum absolute atomic E-state index is 0.429. The van der Waals surface area contributed by atoms with Crippen LogP contribution in [0.4, 0.5) is 0 Å². The molecule has 2 heteroatoms. The van der Waals surface area contributed by atoms with E-state index < -0.39 is 0 Å². The fourth-order valence-electron chi connectivity index (χ4n) is 1.00. The van der Waals surface area contributed by atoms with Gasteiger partial charge in [0.2, 0.25) is 0 Å². The lowest BCUT2D eigenvalue weighted by Gasteiger charge is -2.13. The number of nitrogens with zero attached hydrogens (tertiary/aromatic N) is 2. The van der Waals surface area contributed by atoms with E-state index in [0.29, 0.717) is 6.04 Å². The van der Waals surface area contributed by atoms with Gasteiger partial charge in [0.25, 0.3) is 0 Å². The molecule has 0 aromatic carbocycles. The van der Waals surface area contributed by atoms with E-state index in [1.54, 1.807) is 0 Å². The molecule has 1 unspecified atom stereocenters. The highest BCUT2D eigenvalue weighted by Gasteiger charge is 1.99. The van der Waals surface area contributed by atoms with Crippen molar-refractivity contribution in [1.29, 1.82) is 0 Å². The molecule has 1 atom stereocenters. The van der Waals surface area contributed by atoms with Gasteiger partial charge < -0.3 is 4.90 Å². The number of amidine groups is 1. The Balaban J connectivity index is 3.84. The Bertz CT molecular complexity index is 181. The standard InChI is InChI=1S/C11H22N2/c1-6-7-8-9-10(2)12-11(3)13(4)5/h6-7,10H,8-9H2,1-5H3. The molecule has 13 heavy (non-hydrogen) atoms. The lowest BCUT2D eigenvalue weighted by atomic mass is 10.2. The third kappa shape index (κ3) is 6.38. The number of aliphatic imine (C=N–C) groups is 1. The topological polar surface area (TPSA) is 15.6 Å². The molecule has 0 bridgehead atoms. The molecular weight excluding hydrogens is 160 g/mol. The Labute approximate surface area is 82.4 Å². The average Bonchev–Trinajstić information content (AvgIpc) is 2.04. The van der Waals surface area contributed by atoms with Crippen molar-refractivity contribution in [3.63, 3.8) is 0 Å². The summed E-state index contributed by atoms with van der Waals surface area (Å²) in [5.74, 6) is 1.10. The molecule has 0 saturated carbocycles. The van der Waals surface area contributed by atoms with Crippen LogP contribution in [0.15, 0.2) is 17.1 Å². The first-order valence-electron chi connectivity index (χ1n) is 4.90. The summed E-state index contributed by atoms with van der Waals surface area (Å²) in [6.07, 6.45) is 6.55. The van der Waals surface area contributed by atoms with Crippen molar-refractivity contribution < 1.29 is 0 Å². The van der Waals surface area contributed by atoms with E-state index in [-0.39, 0.29) is 0 Å². The molecule has 0 rings (SSSR count). The maximum absolute atomic E-state index is 4.56. The highest BCUT2D eigenvalue weighted by molar-refractivity contribution is 5.79. The minimum Gasteiger partial charge on any atom is -0.367 e. The van der Waals surface area contributed by atoms with Crippen LogP contribution >= 0.6 is 0 Å². The molecule has 0 aromatic heterocycles. The number of rotatable bonds is 4. The van der Waals surface area contributed by atoms with Gasteiger partial charge in [0, 0.05) is 20.1 Å². The van der Waals surface area contributed by atoms with Gasteiger partial charge in [-0.3, -0.25) is 4.99 Å². The summed E-state index contributed by atoms with van der Waals surface area (Å²) < 4.78 is 0. The second kappa shape index (κ2) is 6.70. The lowest BCUT2D eigenvalue weighted by Crippen LogP contribution is -2.20. The monoisotopic (exact) mass is 182 g/mol. The molecule has 0 N–H and O–H groups in total. The van der Waals surface area contributed by atoms with Gasteiger partial charge in [-0.2, -0.15) is 0 Å². The zero-order valence-corrected chi connectivity index (χ0v) is 9.54. The first kappa shape index (κ1) is 12.2. The van der Waals surface area contributed by atoms with Crippen LogP contribution in [0.3, 0.4) is 0 Å². The Morgan fingerprint density at radius 1 is 1.46 bits per heavy atom. The summed E-state index contributed by atoms with van der Waals surface area (Å²) in [6, 6.07) is 0.429. The Morgan fingerprint density at radius 3 is 2.54 bits per heavy atom. The molecule has 0 amide bonds. The molecule has 0 aliphatic rings. The Morgan fingerprint density at radius 2 is 2.08 bits per heavy atom. The first-order chi connectivity index (χ1) is 6.07. The van der Waals surface area contributed by atoms with Gasteiger partial charge in [0.1, 0.15) is 0 Å². The molecular formula is C11H22N2. The minimum atomic E-state index is 0.429. The van der Waals surface area contributed by atoms with E-state index in [2.05, 4.69) is 31.0 Å². The Hall–Kier alpha value is -0.790. The highest BCUT2D eigenvalue weighted by atomic mass is 15.1. The molecule has 0 saturated heterocycles. The molecule has 0 spiro atoms. The number of allylic oxidation sites excluding steroid dienone is 2. The van der Waals surface area contributed by atoms with E-state index >= 15 is 0 Å². The van der Waals surface area contributed by atoms with Crippen molar-refractivity contribution in [3.8, 4) is 0 Å². The van der Waals surface area contributed by atoms with Crippen LogP contribution < -0.4 is 0 Å². The fourth-order valence-corrected chi connectivity index (χ4v) is 1.00. The molecule has 0 aliphatic carbocycles. The number of hydrogen-bond donors (Lipinski definition) is 0. The zero-order chi connectivity index (χ0) is 10.3. The van der Waals surface area contributed by atoms with Crippen LogP contribution in [0, 0.1) is 0 Å². The lowest BCUT2D eigenvalue weighted by molar-refractivity contribution is 0.592.